The Morgan fingerprint density at radius 3 is 2.63 bits per heavy atom. The van der Waals surface area contributed by atoms with Crippen LogP contribution in [0.5, 0.6) is 0 Å². The second-order valence-corrected chi connectivity index (χ2v) is 11.5. The Morgan fingerprint density at radius 1 is 1.24 bits per heavy atom. The molecule has 1 aromatic carbocycles. The number of carbonyl (C=O) groups excluding carboxylic acids is 2. The van der Waals surface area contributed by atoms with Crippen molar-refractivity contribution in [2.75, 3.05) is 19.6 Å². The fourth-order valence-electron chi connectivity index (χ4n) is 5.39. The molecule has 1 aliphatic heterocycles. The Kier molecular flexibility index (Phi) is 7.81. The number of likely N-dealkylation sites (tertiary alicyclic amines) is 1. The quantitative estimate of drug-likeness (QED) is 0.390. The lowest BCUT2D eigenvalue weighted by Crippen LogP contribution is -2.37. The lowest BCUT2D eigenvalue weighted by atomic mass is 9.97. The SMILES string of the molecule is CCN(C(=O)c1cc(F)ccc1-n1cc(C[C@H]2CCN(C(=O)OC(C)(C)C)C2)c2c(C)cncc21)C(C)C. The first-order valence-corrected chi connectivity index (χ1v) is 13.4. The number of carbonyl (C=O) groups is 2. The van der Waals surface area contributed by atoms with Crippen LogP contribution in [0.4, 0.5) is 9.18 Å². The van der Waals surface area contributed by atoms with Gasteiger partial charge in [-0.05, 0) is 96.6 Å². The van der Waals surface area contributed by atoms with Gasteiger partial charge >= 0.3 is 6.09 Å². The predicted octanol–water partition coefficient (Wildman–Crippen LogP) is 6.14. The van der Waals surface area contributed by atoms with Crippen molar-refractivity contribution in [3.05, 3.63) is 59.3 Å². The van der Waals surface area contributed by atoms with E-state index in [4.69, 9.17) is 4.74 Å². The number of rotatable bonds is 6. The summed E-state index contributed by atoms with van der Waals surface area (Å²) < 4.78 is 21.9. The highest BCUT2D eigenvalue weighted by Gasteiger charge is 2.31. The predicted molar refractivity (Wildman–Crippen MR) is 147 cm³/mol. The van der Waals surface area contributed by atoms with Crippen LogP contribution in [0.1, 0.15) is 69.4 Å². The van der Waals surface area contributed by atoms with Crippen molar-refractivity contribution < 1.29 is 18.7 Å². The number of aromatic nitrogens is 2. The average Bonchev–Trinajstić information content (AvgIpc) is 3.44. The maximum atomic E-state index is 14.4. The molecule has 1 saturated heterocycles. The van der Waals surface area contributed by atoms with Crippen LogP contribution in [0, 0.1) is 18.7 Å². The summed E-state index contributed by atoms with van der Waals surface area (Å²) in [6.07, 6.45) is 7.06. The highest BCUT2D eigenvalue weighted by molar-refractivity contribution is 5.99. The van der Waals surface area contributed by atoms with Gasteiger partial charge in [-0.3, -0.25) is 9.78 Å². The first-order valence-electron chi connectivity index (χ1n) is 13.4. The summed E-state index contributed by atoms with van der Waals surface area (Å²) in [4.78, 5) is 34.1. The van der Waals surface area contributed by atoms with Gasteiger partial charge in [-0.15, -0.1) is 0 Å². The van der Waals surface area contributed by atoms with Crippen LogP contribution in [-0.2, 0) is 11.2 Å². The minimum atomic E-state index is -0.528. The molecular weight excluding hydrogens is 483 g/mol. The van der Waals surface area contributed by atoms with E-state index in [1.165, 1.54) is 12.1 Å². The minimum Gasteiger partial charge on any atom is -0.444 e. The van der Waals surface area contributed by atoms with E-state index in [2.05, 4.69) is 4.98 Å². The van der Waals surface area contributed by atoms with Gasteiger partial charge in [0.05, 0.1) is 23.0 Å². The number of ether oxygens (including phenoxy) is 1. The smallest absolute Gasteiger partial charge is 0.410 e. The zero-order valence-electron chi connectivity index (χ0n) is 23.5. The molecule has 3 heterocycles. The van der Waals surface area contributed by atoms with Crippen molar-refractivity contribution in [3.63, 3.8) is 0 Å². The molecule has 7 nitrogen and oxygen atoms in total. The van der Waals surface area contributed by atoms with Gasteiger partial charge in [0.15, 0.2) is 0 Å². The van der Waals surface area contributed by atoms with Crippen molar-refractivity contribution in [1.29, 1.82) is 0 Å². The van der Waals surface area contributed by atoms with E-state index in [9.17, 15) is 14.0 Å². The summed E-state index contributed by atoms with van der Waals surface area (Å²) in [7, 11) is 0. The molecule has 0 saturated carbocycles. The molecule has 0 spiro atoms. The zero-order chi connectivity index (χ0) is 27.8. The summed E-state index contributed by atoms with van der Waals surface area (Å²) in [6.45, 7) is 15.3. The zero-order valence-corrected chi connectivity index (χ0v) is 23.5. The number of benzene rings is 1. The van der Waals surface area contributed by atoms with E-state index >= 15 is 0 Å². The molecule has 3 aromatic rings. The minimum absolute atomic E-state index is 0.0141. The summed E-state index contributed by atoms with van der Waals surface area (Å²) in [5.41, 5.74) is 3.44. The van der Waals surface area contributed by atoms with Gasteiger partial charge in [-0.25, -0.2) is 9.18 Å². The standard InChI is InChI=1S/C30H39FN4O3/c1-8-34(19(2)3)28(36)24-14-23(31)9-10-25(24)35-18-22(27-20(4)15-32-16-26(27)35)13-21-11-12-33(17-21)29(37)38-30(5,6)7/h9-10,14-16,18-19,21H,8,11-13,17H2,1-7H3/t21-/m1/s1. The maximum absolute atomic E-state index is 14.4. The summed E-state index contributed by atoms with van der Waals surface area (Å²) >= 11 is 0. The first-order chi connectivity index (χ1) is 17.9. The molecule has 1 atom stereocenters. The number of amides is 2. The fourth-order valence-corrected chi connectivity index (χ4v) is 5.39. The number of fused-ring (bicyclic) bond motifs is 1. The second kappa shape index (κ2) is 10.8. The van der Waals surface area contributed by atoms with E-state index in [1.54, 1.807) is 22.1 Å². The fraction of sp³-hybridized carbons (Fsp3) is 0.500. The van der Waals surface area contributed by atoms with E-state index in [0.29, 0.717) is 30.9 Å². The number of hydrogen-bond acceptors (Lipinski definition) is 4. The normalized spacial score (nSPS) is 15.9. The van der Waals surface area contributed by atoms with Crippen molar-refractivity contribution in [2.24, 2.45) is 5.92 Å². The Labute approximate surface area is 224 Å². The van der Waals surface area contributed by atoms with Gasteiger partial charge in [0.2, 0.25) is 0 Å². The van der Waals surface area contributed by atoms with Crippen LogP contribution < -0.4 is 0 Å². The first kappa shape index (κ1) is 27.6. The van der Waals surface area contributed by atoms with E-state index < -0.39 is 11.4 Å². The lowest BCUT2D eigenvalue weighted by molar-refractivity contribution is 0.0288. The number of pyridine rings is 1. The van der Waals surface area contributed by atoms with Gasteiger partial charge in [0.25, 0.3) is 5.91 Å². The highest BCUT2D eigenvalue weighted by Crippen LogP contribution is 2.33. The van der Waals surface area contributed by atoms with Crippen molar-refractivity contribution in [3.8, 4) is 5.69 Å². The van der Waals surface area contributed by atoms with Gasteiger partial charge in [0, 0.05) is 43.5 Å². The number of halogens is 1. The molecule has 204 valence electrons. The maximum Gasteiger partial charge on any atom is 0.410 e. The topological polar surface area (TPSA) is 67.7 Å². The highest BCUT2D eigenvalue weighted by atomic mass is 19.1. The summed E-state index contributed by atoms with van der Waals surface area (Å²) in [5, 5.41) is 1.08. The third-order valence-corrected chi connectivity index (χ3v) is 7.10. The van der Waals surface area contributed by atoms with Crippen LogP contribution in [0.15, 0.2) is 36.8 Å². The molecule has 0 bridgehead atoms. The van der Waals surface area contributed by atoms with Gasteiger partial charge in [-0.1, -0.05) is 0 Å². The van der Waals surface area contributed by atoms with E-state index in [0.717, 1.165) is 34.9 Å². The molecule has 38 heavy (non-hydrogen) atoms. The van der Waals surface area contributed by atoms with Crippen molar-refractivity contribution >= 4 is 22.9 Å². The molecule has 2 amide bonds. The van der Waals surface area contributed by atoms with Crippen LogP contribution >= 0.6 is 0 Å². The number of aryl methyl sites for hydroxylation is 1. The van der Waals surface area contributed by atoms with E-state index in [-0.39, 0.29) is 24.0 Å². The molecule has 4 rings (SSSR count). The molecule has 1 fully saturated rings. The van der Waals surface area contributed by atoms with Gasteiger partial charge in [-0.2, -0.15) is 0 Å². The Balaban J connectivity index is 1.71. The van der Waals surface area contributed by atoms with Gasteiger partial charge in [0.1, 0.15) is 11.4 Å². The van der Waals surface area contributed by atoms with Crippen molar-refractivity contribution in [2.45, 2.75) is 73.0 Å². The van der Waals surface area contributed by atoms with E-state index in [1.807, 2.05) is 65.4 Å². The second-order valence-electron chi connectivity index (χ2n) is 11.5. The van der Waals surface area contributed by atoms with Crippen LogP contribution in [0.3, 0.4) is 0 Å². The molecule has 0 unspecified atom stereocenters. The van der Waals surface area contributed by atoms with Crippen LogP contribution in [0.2, 0.25) is 0 Å². The molecule has 2 aromatic heterocycles. The number of nitrogens with zero attached hydrogens (tertiary/aromatic N) is 4. The summed E-state index contributed by atoms with van der Waals surface area (Å²) in [6, 6.07) is 4.37. The molecular formula is C30H39FN4O3. The third-order valence-electron chi connectivity index (χ3n) is 7.10. The Morgan fingerprint density at radius 2 is 1.97 bits per heavy atom. The molecule has 0 aliphatic carbocycles. The van der Waals surface area contributed by atoms with Crippen molar-refractivity contribution in [1.82, 2.24) is 19.4 Å². The molecule has 0 N–H and O–H groups in total. The Hall–Kier alpha value is -3.42. The average molecular weight is 523 g/mol. The van der Waals surface area contributed by atoms with Crippen LogP contribution in [0.25, 0.3) is 16.6 Å². The van der Waals surface area contributed by atoms with Crippen LogP contribution in [-0.4, -0.2) is 62.6 Å². The van der Waals surface area contributed by atoms with Gasteiger partial charge < -0.3 is 19.1 Å². The lowest BCUT2D eigenvalue weighted by Gasteiger charge is -2.26. The monoisotopic (exact) mass is 522 g/mol. The Bertz CT molecular complexity index is 1340. The number of hydrogen-bond donors (Lipinski definition) is 0. The third kappa shape index (κ3) is 5.69. The summed E-state index contributed by atoms with van der Waals surface area (Å²) in [5.74, 6) is -0.374. The molecule has 0 radical (unpaired) electrons. The largest absolute Gasteiger partial charge is 0.444 e. The molecule has 8 heteroatoms. The molecule has 1 aliphatic rings.